The molecule has 0 spiro atoms. The van der Waals surface area contributed by atoms with Crippen molar-refractivity contribution in [3.8, 4) is 0 Å². The summed E-state index contributed by atoms with van der Waals surface area (Å²) < 4.78 is 1.88. The van der Waals surface area contributed by atoms with Crippen molar-refractivity contribution in [3.63, 3.8) is 0 Å². The van der Waals surface area contributed by atoms with Crippen LogP contribution < -0.4 is 5.32 Å². The smallest absolute Gasteiger partial charge is 0.254 e. The molecule has 0 bridgehead atoms. The summed E-state index contributed by atoms with van der Waals surface area (Å²) in [5, 5.41) is 7.27. The molecule has 108 valence electrons. The van der Waals surface area contributed by atoms with Gasteiger partial charge < -0.3 is 5.32 Å². The molecule has 2 rings (SSSR count). The minimum Gasteiger partial charge on any atom is -0.349 e. The number of aromatic nitrogens is 3. The van der Waals surface area contributed by atoms with E-state index in [1.807, 2.05) is 30.2 Å². The summed E-state index contributed by atoms with van der Waals surface area (Å²) in [6, 6.07) is 0.0804. The number of nitrogens with one attached hydrogen (secondary N) is 1. The Morgan fingerprint density at radius 2 is 2.30 bits per heavy atom. The van der Waals surface area contributed by atoms with Crippen molar-refractivity contribution in [1.29, 1.82) is 0 Å². The predicted octanol–water partition coefficient (Wildman–Crippen LogP) is 2.42. The van der Waals surface area contributed by atoms with Crippen LogP contribution in [-0.4, -0.2) is 26.7 Å². The van der Waals surface area contributed by atoms with Crippen LogP contribution in [-0.2, 0) is 13.0 Å². The Balaban J connectivity index is 1.97. The zero-order valence-corrected chi connectivity index (χ0v) is 12.9. The van der Waals surface area contributed by atoms with Gasteiger partial charge in [-0.2, -0.15) is 5.10 Å². The normalized spacial score (nSPS) is 12.3. The highest BCUT2D eigenvalue weighted by atomic mass is 32.1. The highest BCUT2D eigenvalue weighted by Gasteiger charge is 2.16. The average Bonchev–Trinajstić information content (AvgIpc) is 3.01. The zero-order valence-electron chi connectivity index (χ0n) is 12.1. The molecule has 5 nitrogen and oxygen atoms in total. The lowest BCUT2D eigenvalue weighted by molar-refractivity contribution is 0.0939. The maximum absolute atomic E-state index is 12.2. The summed E-state index contributed by atoms with van der Waals surface area (Å²) in [6.45, 7) is 6.88. The van der Waals surface area contributed by atoms with Crippen molar-refractivity contribution in [1.82, 2.24) is 20.1 Å². The largest absolute Gasteiger partial charge is 0.349 e. The van der Waals surface area contributed by atoms with Crippen LogP contribution in [0.15, 0.2) is 17.9 Å². The maximum atomic E-state index is 12.2. The lowest BCUT2D eigenvalue weighted by Gasteiger charge is -2.12. The van der Waals surface area contributed by atoms with Gasteiger partial charge in [-0.05, 0) is 20.3 Å². The molecule has 1 atom stereocenters. The molecule has 2 heterocycles. The van der Waals surface area contributed by atoms with E-state index in [2.05, 4.69) is 22.3 Å². The number of rotatable bonds is 6. The van der Waals surface area contributed by atoms with Gasteiger partial charge in [0.2, 0.25) is 0 Å². The van der Waals surface area contributed by atoms with Crippen molar-refractivity contribution in [3.05, 3.63) is 34.0 Å². The second-order valence-corrected chi connectivity index (χ2v) is 5.88. The number of thiazole rings is 1. The highest BCUT2D eigenvalue weighted by Crippen LogP contribution is 2.11. The highest BCUT2D eigenvalue weighted by molar-refractivity contribution is 7.09. The quantitative estimate of drug-likeness (QED) is 0.889. The molecule has 0 aliphatic rings. The van der Waals surface area contributed by atoms with Gasteiger partial charge in [0.25, 0.3) is 5.91 Å². The Morgan fingerprint density at radius 1 is 1.50 bits per heavy atom. The van der Waals surface area contributed by atoms with Gasteiger partial charge in [0, 0.05) is 35.8 Å². The maximum Gasteiger partial charge on any atom is 0.254 e. The number of aryl methyl sites for hydroxylation is 1. The van der Waals surface area contributed by atoms with Gasteiger partial charge in [0.15, 0.2) is 0 Å². The van der Waals surface area contributed by atoms with Gasteiger partial charge >= 0.3 is 0 Å². The van der Waals surface area contributed by atoms with E-state index in [9.17, 15) is 4.79 Å². The third-order valence-corrected chi connectivity index (χ3v) is 3.95. The Labute approximate surface area is 123 Å². The molecule has 0 fully saturated rings. The van der Waals surface area contributed by atoms with Crippen LogP contribution in [0, 0.1) is 6.92 Å². The molecule has 0 aromatic carbocycles. The first-order valence-corrected chi connectivity index (χ1v) is 7.70. The van der Waals surface area contributed by atoms with E-state index >= 15 is 0 Å². The van der Waals surface area contributed by atoms with E-state index in [0.29, 0.717) is 5.56 Å². The van der Waals surface area contributed by atoms with E-state index in [0.717, 1.165) is 25.1 Å². The van der Waals surface area contributed by atoms with Crippen LogP contribution in [0.1, 0.15) is 41.2 Å². The summed E-state index contributed by atoms with van der Waals surface area (Å²) in [6.07, 6.45) is 5.31. The van der Waals surface area contributed by atoms with Gasteiger partial charge in [-0.25, -0.2) is 0 Å². The molecule has 1 unspecified atom stereocenters. The molecule has 20 heavy (non-hydrogen) atoms. The van der Waals surface area contributed by atoms with Crippen LogP contribution in [0.5, 0.6) is 0 Å². The number of amides is 1. The summed E-state index contributed by atoms with van der Waals surface area (Å²) in [5.41, 5.74) is 3.40. The van der Waals surface area contributed by atoms with Gasteiger partial charge in [0.1, 0.15) is 0 Å². The average molecular weight is 292 g/mol. The molecule has 0 aliphatic heterocycles. The number of carbonyl (C=O) groups excluding carboxylic acids is 1. The standard InChI is InChI=1S/C14H20N4OS/c1-4-5-18-11(3)13(8-16-18)14(19)17-10(2)6-12-7-15-9-20-12/h7-10H,4-6H2,1-3H3,(H,17,19). The first-order valence-electron chi connectivity index (χ1n) is 6.82. The molecule has 2 aromatic rings. The van der Waals surface area contributed by atoms with Crippen LogP contribution in [0.4, 0.5) is 0 Å². The molecule has 6 heteroatoms. The first-order chi connectivity index (χ1) is 9.61. The van der Waals surface area contributed by atoms with E-state index in [-0.39, 0.29) is 11.9 Å². The minimum absolute atomic E-state index is 0.0538. The third-order valence-electron chi connectivity index (χ3n) is 3.15. The lowest BCUT2D eigenvalue weighted by Crippen LogP contribution is -2.34. The molecule has 0 aliphatic carbocycles. The van der Waals surface area contributed by atoms with E-state index < -0.39 is 0 Å². The minimum atomic E-state index is -0.0538. The molecule has 0 saturated heterocycles. The second-order valence-electron chi connectivity index (χ2n) is 4.91. The van der Waals surface area contributed by atoms with Crippen LogP contribution >= 0.6 is 11.3 Å². The first kappa shape index (κ1) is 14.7. The number of hydrogen-bond acceptors (Lipinski definition) is 4. The monoisotopic (exact) mass is 292 g/mol. The van der Waals surface area contributed by atoms with E-state index in [1.165, 1.54) is 4.88 Å². The molecule has 1 amide bonds. The number of carbonyl (C=O) groups is 1. The van der Waals surface area contributed by atoms with Gasteiger partial charge in [-0.15, -0.1) is 11.3 Å². The SMILES string of the molecule is CCCn1ncc(C(=O)NC(C)Cc2cncs2)c1C. The fraction of sp³-hybridized carbons (Fsp3) is 0.500. The number of hydrogen-bond donors (Lipinski definition) is 1. The van der Waals surface area contributed by atoms with Gasteiger partial charge in [0.05, 0.1) is 17.3 Å². The Morgan fingerprint density at radius 3 is 2.95 bits per heavy atom. The van der Waals surface area contributed by atoms with Gasteiger partial charge in [-0.3, -0.25) is 14.5 Å². The fourth-order valence-corrected chi connectivity index (χ4v) is 2.83. The predicted molar refractivity (Wildman–Crippen MR) is 80.0 cm³/mol. The van der Waals surface area contributed by atoms with Gasteiger partial charge in [-0.1, -0.05) is 6.92 Å². The molecule has 2 aromatic heterocycles. The summed E-state index contributed by atoms with van der Waals surface area (Å²) in [4.78, 5) is 17.5. The summed E-state index contributed by atoms with van der Waals surface area (Å²) >= 11 is 1.61. The Kier molecular flexibility index (Phi) is 4.89. The van der Waals surface area contributed by atoms with E-state index in [1.54, 1.807) is 17.5 Å². The van der Waals surface area contributed by atoms with E-state index in [4.69, 9.17) is 0 Å². The second kappa shape index (κ2) is 6.65. The molecule has 0 radical (unpaired) electrons. The van der Waals surface area contributed by atoms with Crippen molar-refractivity contribution >= 4 is 17.2 Å². The third kappa shape index (κ3) is 3.45. The number of nitrogens with zero attached hydrogens (tertiary/aromatic N) is 3. The Hall–Kier alpha value is -1.69. The van der Waals surface area contributed by atoms with Crippen LogP contribution in [0.3, 0.4) is 0 Å². The molecule has 0 saturated carbocycles. The Bertz CT molecular complexity index is 562. The molecular formula is C14H20N4OS. The topological polar surface area (TPSA) is 59.8 Å². The molecule has 1 N–H and O–H groups in total. The fourth-order valence-electron chi connectivity index (χ4n) is 2.10. The van der Waals surface area contributed by atoms with Crippen LogP contribution in [0.2, 0.25) is 0 Å². The lowest BCUT2D eigenvalue weighted by atomic mass is 10.2. The zero-order chi connectivity index (χ0) is 14.5. The van der Waals surface area contributed by atoms with Crippen molar-refractivity contribution in [2.75, 3.05) is 0 Å². The van der Waals surface area contributed by atoms with Crippen molar-refractivity contribution in [2.24, 2.45) is 0 Å². The van der Waals surface area contributed by atoms with Crippen molar-refractivity contribution in [2.45, 2.75) is 46.2 Å². The van der Waals surface area contributed by atoms with Crippen molar-refractivity contribution < 1.29 is 4.79 Å². The van der Waals surface area contributed by atoms with Crippen LogP contribution in [0.25, 0.3) is 0 Å². The summed E-state index contributed by atoms with van der Waals surface area (Å²) in [7, 11) is 0. The molecular weight excluding hydrogens is 272 g/mol. The summed E-state index contributed by atoms with van der Waals surface area (Å²) in [5.74, 6) is -0.0538.